The van der Waals surface area contributed by atoms with Crippen molar-refractivity contribution in [3.63, 3.8) is 0 Å². The molecule has 0 saturated carbocycles. The summed E-state index contributed by atoms with van der Waals surface area (Å²) in [5, 5.41) is 2.86. The molecule has 2 aromatic carbocycles. The molecule has 0 bridgehead atoms. The summed E-state index contributed by atoms with van der Waals surface area (Å²) in [6.07, 6.45) is 1.61. The molecule has 1 aromatic heterocycles. The molecule has 0 saturated heterocycles. The van der Waals surface area contributed by atoms with Crippen LogP contribution in [0, 0.1) is 0 Å². The highest BCUT2D eigenvalue weighted by Crippen LogP contribution is 2.34. The maximum atomic E-state index is 12.4. The molecule has 0 atom stereocenters. The van der Waals surface area contributed by atoms with E-state index in [2.05, 4.69) is 5.32 Å². The van der Waals surface area contributed by atoms with E-state index in [1.807, 2.05) is 24.3 Å². The van der Waals surface area contributed by atoms with Crippen molar-refractivity contribution in [1.82, 2.24) is 0 Å². The van der Waals surface area contributed by atoms with Gasteiger partial charge in [0.1, 0.15) is 5.76 Å². The Morgan fingerprint density at radius 1 is 0.957 bits per heavy atom. The third-order valence-corrected chi connectivity index (χ3v) is 3.56. The Labute approximate surface area is 132 Å². The van der Waals surface area contributed by atoms with Gasteiger partial charge in [-0.15, -0.1) is 0 Å². The Morgan fingerprint density at radius 3 is 2.74 bits per heavy atom. The van der Waals surface area contributed by atoms with Crippen LogP contribution in [0.1, 0.15) is 10.4 Å². The van der Waals surface area contributed by atoms with Gasteiger partial charge < -0.3 is 19.2 Å². The lowest BCUT2D eigenvalue weighted by Crippen LogP contribution is -2.11. The normalized spacial score (nSPS) is 12.2. The predicted octanol–water partition coefficient (Wildman–Crippen LogP) is 3.93. The maximum Gasteiger partial charge on any atom is 0.255 e. The number of fused-ring (bicyclic) bond motifs is 1. The Morgan fingerprint density at radius 2 is 1.87 bits per heavy atom. The summed E-state index contributed by atoms with van der Waals surface area (Å²) in [4.78, 5) is 12.4. The van der Waals surface area contributed by atoms with E-state index in [1.165, 1.54) is 0 Å². The molecule has 114 valence electrons. The predicted molar refractivity (Wildman–Crippen MR) is 84.7 cm³/mol. The zero-order valence-corrected chi connectivity index (χ0v) is 12.1. The van der Waals surface area contributed by atoms with Crippen molar-refractivity contribution in [2.24, 2.45) is 0 Å². The van der Waals surface area contributed by atoms with Gasteiger partial charge in [0.2, 0.25) is 6.79 Å². The number of amides is 1. The molecule has 4 rings (SSSR count). The summed E-state index contributed by atoms with van der Waals surface area (Å²) in [6, 6.07) is 16.2. The second kappa shape index (κ2) is 5.53. The van der Waals surface area contributed by atoms with Crippen molar-refractivity contribution in [3.8, 4) is 22.8 Å². The quantitative estimate of drug-likeness (QED) is 0.796. The number of ether oxygens (including phenoxy) is 2. The molecule has 2 heterocycles. The summed E-state index contributed by atoms with van der Waals surface area (Å²) in [7, 11) is 0. The largest absolute Gasteiger partial charge is 0.464 e. The number of carbonyl (C=O) groups is 1. The number of nitrogens with one attached hydrogen (secondary N) is 1. The van der Waals surface area contributed by atoms with E-state index in [9.17, 15) is 4.79 Å². The van der Waals surface area contributed by atoms with Crippen molar-refractivity contribution in [3.05, 3.63) is 66.4 Å². The molecular weight excluding hydrogens is 294 g/mol. The average Bonchev–Trinajstić information content (AvgIpc) is 3.26. The van der Waals surface area contributed by atoms with Crippen LogP contribution >= 0.6 is 0 Å². The van der Waals surface area contributed by atoms with Gasteiger partial charge in [-0.05, 0) is 36.4 Å². The molecule has 1 aliphatic heterocycles. The van der Waals surface area contributed by atoms with Crippen LogP contribution in [0.4, 0.5) is 5.69 Å². The Balaban J connectivity index is 1.56. The fourth-order valence-corrected chi connectivity index (χ4v) is 2.43. The van der Waals surface area contributed by atoms with Crippen LogP contribution in [0.25, 0.3) is 11.3 Å². The maximum absolute atomic E-state index is 12.4. The zero-order valence-electron chi connectivity index (χ0n) is 12.1. The van der Waals surface area contributed by atoms with Gasteiger partial charge in [-0.3, -0.25) is 4.79 Å². The second-order valence-corrected chi connectivity index (χ2v) is 5.08. The van der Waals surface area contributed by atoms with E-state index in [1.54, 1.807) is 36.6 Å². The first kappa shape index (κ1) is 13.5. The monoisotopic (exact) mass is 307 g/mol. The first-order chi connectivity index (χ1) is 11.3. The highest BCUT2D eigenvalue weighted by molar-refractivity contribution is 6.05. The van der Waals surface area contributed by atoms with Crippen LogP contribution < -0.4 is 14.8 Å². The van der Waals surface area contributed by atoms with Crippen LogP contribution in [0.5, 0.6) is 11.5 Å². The molecule has 1 N–H and O–H groups in total. The van der Waals surface area contributed by atoms with Crippen LogP contribution in [-0.4, -0.2) is 12.7 Å². The highest BCUT2D eigenvalue weighted by Gasteiger charge is 2.15. The van der Waals surface area contributed by atoms with Gasteiger partial charge in [0.15, 0.2) is 11.5 Å². The summed E-state index contributed by atoms with van der Waals surface area (Å²) < 4.78 is 15.9. The van der Waals surface area contributed by atoms with Crippen LogP contribution in [0.2, 0.25) is 0 Å². The number of hydrogen-bond acceptors (Lipinski definition) is 4. The molecule has 0 aliphatic carbocycles. The van der Waals surface area contributed by atoms with E-state index < -0.39 is 0 Å². The Bertz CT molecular complexity index is 855. The number of anilines is 1. The number of benzene rings is 2. The summed E-state index contributed by atoms with van der Waals surface area (Å²) in [5.74, 6) is 1.84. The van der Waals surface area contributed by atoms with Crippen LogP contribution in [0.3, 0.4) is 0 Å². The van der Waals surface area contributed by atoms with Crippen LogP contribution in [0.15, 0.2) is 65.3 Å². The summed E-state index contributed by atoms with van der Waals surface area (Å²) in [5.41, 5.74) is 2.06. The van der Waals surface area contributed by atoms with E-state index in [0.29, 0.717) is 22.7 Å². The molecule has 0 fully saturated rings. The topological polar surface area (TPSA) is 60.7 Å². The van der Waals surface area contributed by atoms with Crippen molar-refractivity contribution in [2.75, 3.05) is 12.1 Å². The third kappa shape index (κ3) is 2.64. The lowest BCUT2D eigenvalue weighted by molar-refractivity contribution is 0.102. The zero-order chi connectivity index (χ0) is 15.6. The van der Waals surface area contributed by atoms with Crippen molar-refractivity contribution in [1.29, 1.82) is 0 Å². The van der Waals surface area contributed by atoms with Crippen LogP contribution in [-0.2, 0) is 0 Å². The fourth-order valence-electron chi connectivity index (χ4n) is 2.43. The summed E-state index contributed by atoms with van der Waals surface area (Å²) in [6.45, 7) is 0.206. The molecule has 5 heteroatoms. The molecule has 5 nitrogen and oxygen atoms in total. The first-order valence-corrected chi connectivity index (χ1v) is 7.14. The minimum absolute atomic E-state index is 0.197. The Hall–Kier alpha value is -3.21. The second-order valence-electron chi connectivity index (χ2n) is 5.08. The average molecular weight is 307 g/mol. The van der Waals surface area contributed by atoms with Gasteiger partial charge in [0.05, 0.1) is 6.26 Å². The van der Waals surface area contributed by atoms with Gasteiger partial charge in [-0.25, -0.2) is 0 Å². The number of furan rings is 1. The molecule has 0 spiro atoms. The molecule has 0 unspecified atom stereocenters. The lowest BCUT2D eigenvalue weighted by atomic mass is 10.1. The van der Waals surface area contributed by atoms with E-state index in [4.69, 9.17) is 13.9 Å². The van der Waals surface area contributed by atoms with Gasteiger partial charge in [0.25, 0.3) is 5.91 Å². The van der Waals surface area contributed by atoms with E-state index in [-0.39, 0.29) is 12.7 Å². The molecule has 1 aliphatic rings. The van der Waals surface area contributed by atoms with Gasteiger partial charge in [0, 0.05) is 22.9 Å². The molecular formula is C18H13NO4. The Kier molecular flexibility index (Phi) is 3.24. The third-order valence-electron chi connectivity index (χ3n) is 3.56. The van der Waals surface area contributed by atoms with Gasteiger partial charge >= 0.3 is 0 Å². The van der Waals surface area contributed by atoms with E-state index in [0.717, 1.165) is 11.3 Å². The van der Waals surface area contributed by atoms with Crippen molar-refractivity contribution in [2.45, 2.75) is 0 Å². The number of rotatable bonds is 3. The standard InChI is InChI=1S/C18H13NO4/c20-18(19-14-6-7-16-17(10-14)23-11-22-16)13-4-1-3-12(9-13)15-5-2-8-21-15/h1-10H,11H2,(H,19,20). The molecule has 23 heavy (non-hydrogen) atoms. The minimum atomic E-state index is -0.197. The van der Waals surface area contributed by atoms with Crippen molar-refractivity contribution >= 4 is 11.6 Å². The number of hydrogen-bond donors (Lipinski definition) is 1. The first-order valence-electron chi connectivity index (χ1n) is 7.14. The SMILES string of the molecule is O=C(Nc1ccc2c(c1)OCO2)c1cccc(-c2ccco2)c1. The fraction of sp³-hybridized carbons (Fsp3) is 0.0556. The van der Waals surface area contributed by atoms with Gasteiger partial charge in [-0.2, -0.15) is 0 Å². The smallest absolute Gasteiger partial charge is 0.255 e. The van der Waals surface area contributed by atoms with E-state index >= 15 is 0 Å². The highest BCUT2D eigenvalue weighted by atomic mass is 16.7. The van der Waals surface area contributed by atoms with Gasteiger partial charge in [-0.1, -0.05) is 12.1 Å². The minimum Gasteiger partial charge on any atom is -0.464 e. The summed E-state index contributed by atoms with van der Waals surface area (Å²) >= 11 is 0. The lowest BCUT2D eigenvalue weighted by Gasteiger charge is -2.07. The molecule has 1 amide bonds. The number of carbonyl (C=O) groups excluding carboxylic acids is 1. The van der Waals surface area contributed by atoms with Crippen molar-refractivity contribution < 1.29 is 18.7 Å². The molecule has 0 radical (unpaired) electrons. The molecule has 3 aromatic rings.